The Kier molecular flexibility index (Phi) is 6.09. The second-order valence-electron chi connectivity index (χ2n) is 5.39. The van der Waals surface area contributed by atoms with Gasteiger partial charge in [-0.25, -0.2) is 4.98 Å². The van der Waals surface area contributed by atoms with Gasteiger partial charge in [0.2, 0.25) is 5.95 Å². The molecule has 0 radical (unpaired) electrons. The molecule has 0 aliphatic carbocycles. The molecule has 3 nitrogen and oxygen atoms in total. The van der Waals surface area contributed by atoms with Gasteiger partial charge in [0.05, 0.1) is 23.8 Å². The summed E-state index contributed by atoms with van der Waals surface area (Å²) in [6, 6.07) is 13.0. The molecular formula is C16H17Cl3FN3. The molecule has 1 aromatic heterocycles. The Morgan fingerprint density at radius 2 is 2.00 bits per heavy atom. The van der Waals surface area contributed by atoms with Crippen LogP contribution in [0.5, 0.6) is 0 Å². The van der Waals surface area contributed by atoms with Crippen LogP contribution in [0.25, 0.3) is 0 Å². The first-order valence-corrected chi connectivity index (χ1v) is 7.87. The minimum absolute atomic E-state index is 0. The highest BCUT2D eigenvalue weighted by Gasteiger charge is 2.44. The van der Waals surface area contributed by atoms with E-state index < -0.39 is 10.9 Å². The summed E-state index contributed by atoms with van der Waals surface area (Å²) in [6.07, 6.45) is 1.50. The number of alkyl halides is 2. The van der Waals surface area contributed by atoms with Gasteiger partial charge in [0.1, 0.15) is 5.00 Å². The lowest BCUT2D eigenvalue weighted by atomic mass is 10.2. The third-order valence-electron chi connectivity index (χ3n) is 3.80. The normalized spacial score (nSPS) is 23.6. The molecule has 1 aromatic carbocycles. The summed E-state index contributed by atoms with van der Waals surface area (Å²) >= 11 is 13.1. The lowest BCUT2D eigenvalue weighted by Crippen LogP contribution is -2.47. The molecule has 1 N–H and O–H groups in total. The van der Waals surface area contributed by atoms with Gasteiger partial charge in [-0.3, -0.25) is 5.32 Å². The van der Waals surface area contributed by atoms with Gasteiger partial charge in [-0.2, -0.15) is 4.39 Å². The number of rotatable bonds is 4. The van der Waals surface area contributed by atoms with Crippen LogP contribution in [0.4, 0.5) is 10.1 Å². The zero-order valence-corrected chi connectivity index (χ0v) is 14.6. The first kappa shape index (κ1) is 18.3. The molecule has 1 saturated heterocycles. The first-order valence-electron chi connectivity index (χ1n) is 7.05. The molecule has 1 aliphatic rings. The highest BCUT2D eigenvalue weighted by molar-refractivity contribution is 6.33. The van der Waals surface area contributed by atoms with Crippen molar-refractivity contribution < 1.29 is 4.39 Å². The number of hydrogen-bond donors (Lipinski definition) is 1. The van der Waals surface area contributed by atoms with Crippen molar-refractivity contribution in [3.8, 4) is 0 Å². The van der Waals surface area contributed by atoms with Gasteiger partial charge in [-0.15, -0.1) is 24.0 Å². The average Bonchev–Trinajstić information content (AvgIpc) is 2.83. The Hall–Kier alpha value is -1.07. The number of nitrogens with zero attached hydrogens (tertiary/aromatic N) is 2. The van der Waals surface area contributed by atoms with Crippen LogP contribution in [-0.2, 0) is 6.54 Å². The Morgan fingerprint density at radius 1 is 1.26 bits per heavy atom. The van der Waals surface area contributed by atoms with Crippen LogP contribution < -0.4 is 10.2 Å². The second kappa shape index (κ2) is 7.67. The van der Waals surface area contributed by atoms with Crippen molar-refractivity contribution in [1.82, 2.24) is 10.3 Å². The third-order valence-corrected chi connectivity index (χ3v) is 4.94. The van der Waals surface area contributed by atoms with Crippen molar-refractivity contribution in [3.05, 3.63) is 60.2 Å². The van der Waals surface area contributed by atoms with Crippen LogP contribution >= 0.6 is 35.6 Å². The molecule has 2 aromatic rings. The van der Waals surface area contributed by atoms with Crippen LogP contribution in [0.2, 0.25) is 0 Å². The van der Waals surface area contributed by atoms with Crippen LogP contribution in [0, 0.1) is 5.95 Å². The standard InChI is InChI=1S/C16H16Cl2FN3.ClH/c17-14-10-22(13-6-7-15(19)20-9-13)11-16(14,18)21-8-12-4-2-1-3-5-12;/h1-7,9,14,21H,8,10-11H2;1H/t14?,16-;/m1./s1. The van der Waals surface area contributed by atoms with Crippen LogP contribution in [0.15, 0.2) is 48.7 Å². The summed E-state index contributed by atoms with van der Waals surface area (Å²) in [6.45, 7) is 1.76. The molecule has 0 bridgehead atoms. The maximum Gasteiger partial charge on any atom is 0.212 e. The lowest BCUT2D eigenvalue weighted by molar-refractivity contribution is 0.497. The molecule has 0 amide bonds. The van der Waals surface area contributed by atoms with Gasteiger partial charge in [-0.05, 0) is 17.7 Å². The lowest BCUT2D eigenvalue weighted by Gasteiger charge is -2.26. The fourth-order valence-electron chi connectivity index (χ4n) is 2.54. The Bertz CT molecular complexity index is 626. The first-order chi connectivity index (χ1) is 10.6. The number of benzene rings is 1. The molecular weight excluding hydrogens is 360 g/mol. The maximum absolute atomic E-state index is 12.9. The van der Waals surface area contributed by atoms with E-state index in [1.807, 2.05) is 35.2 Å². The highest BCUT2D eigenvalue weighted by atomic mass is 35.5. The summed E-state index contributed by atoms with van der Waals surface area (Å²) in [7, 11) is 0. The van der Waals surface area contributed by atoms with E-state index in [0.29, 0.717) is 19.6 Å². The van der Waals surface area contributed by atoms with Crippen molar-refractivity contribution in [3.63, 3.8) is 0 Å². The van der Waals surface area contributed by atoms with Gasteiger partial charge >= 0.3 is 0 Å². The molecule has 0 spiro atoms. The Balaban J connectivity index is 0.00000192. The van der Waals surface area contributed by atoms with E-state index in [9.17, 15) is 4.39 Å². The molecule has 124 valence electrons. The highest BCUT2D eigenvalue weighted by Crippen LogP contribution is 2.33. The smallest absolute Gasteiger partial charge is 0.212 e. The van der Waals surface area contributed by atoms with Gasteiger partial charge in [0.15, 0.2) is 0 Å². The minimum Gasteiger partial charge on any atom is -0.366 e. The van der Waals surface area contributed by atoms with Gasteiger partial charge in [0.25, 0.3) is 0 Å². The number of anilines is 1. The van der Waals surface area contributed by atoms with Crippen molar-refractivity contribution in [1.29, 1.82) is 0 Å². The topological polar surface area (TPSA) is 28.2 Å². The van der Waals surface area contributed by atoms with Crippen LogP contribution in [0.1, 0.15) is 5.56 Å². The van der Waals surface area contributed by atoms with E-state index in [0.717, 1.165) is 11.3 Å². The second-order valence-corrected chi connectivity index (χ2v) is 6.59. The molecule has 1 fully saturated rings. The minimum atomic E-state index is -0.730. The van der Waals surface area contributed by atoms with Crippen molar-refractivity contribution in [2.24, 2.45) is 0 Å². The fraction of sp³-hybridized carbons (Fsp3) is 0.312. The van der Waals surface area contributed by atoms with E-state index in [4.69, 9.17) is 23.2 Å². The predicted octanol–water partition coefficient (Wildman–Crippen LogP) is 3.79. The number of hydrogen-bond acceptors (Lipinski definition) is 3. The van der Waals surface area contributed by atoms with E-state index in [-0.39, 0.29) is 17.8 Å². The van der Waals surface area contributed by atoms with Crippen molar-refractivity contribution in [2.45, 2.75) is 16.9 Å². The fourth-order valence-corrected chi connectivity index (χ4v) is 3.14. The molecule has 7 heteroatoms. The van der Waals surface area contributed by atoms with E-state index in [2.05, 4.69) is 10.3 Å². The number of aromatic nitrogens is 1. The van der Waals surface area contributed by atoms with E-state index in [1.165, 1.54) is 12.3 Å². The van der Waals surface area contributed by atoms with Crippen LogP contribution in [-0.4, -0.2) is 28.4 Å². The summed E-state index contributed by atoms with van der Waals surface area (Å²) < 4.78 is 12.9. The molecule has 23 heavy (non-hydrogen) atoms. The number of pyridine rings is 1. The molecule has 1 unspecified atom stereocenters. The Labute approximate surface area is 151 Å². The van der Waals surface area contributed by atoms with Gasteiger partial charge in [0, 0.05) is 13.1 Å². The number of halogens is 4. The summed E-state index contributed by atoms with van der Waals surface area (Å²) in [4.78, 5) is 4.95. The number of nitrogens with one attached hydrogen (secondary N) is 1. The third kappa shape index (κ3) is 4.27. The van der Waals surface area contributed by atoms with Gasteiger partial charge in [-0.1, -0.05) is 41.9 Å². The average molecular weight is 377 g/mol. The molecule has 3 rings (SSSR count). The molecule has 2 heterocycles. The predicted molar refractivity (Wildman–Crippen MR) is 95.2 cm³/mol. The van der Waals surface area contributed by atoms with Gasteiger partial charge < -0.3 is 4.90 Å². The van der Waals surface area contributed by atoms with E-state index in [1.54, 1.807) is 6.07 Å². The SMILES string of the molecule is Cl.Fc1ccc(N2CC(Cl)[C@](Cl)(NCc3ccccc3)C2)cn1. The molecule has 0 saturated carbocycles. The van der Waals surface area contributed by atoms with E-state index >= 15 is 0 Å². The molecule has 1 aliphatic heterocycles. The molecule has 2 atom stereocenters. The summed E-state index contributed by atoms with van der Waals surface area (Å²) in [5.41, 5.74) is 1.96. The Morgan fingerprint density at radius 3 is 2.65 bits per heavy atom. The monoisotopic (exact) mass is 375 g/mol. The summed E-state index contributed by atoms with van der Waals surface area (Å²) in [5, 5.41) is 3.07. The zero-order valence-electron chi connectivity index (χ0n) is 12.3. The summed E-state index contributed by atoms with van der Waals surface area (Å²) in [5.74, 6) is -0.496. The zero-order chi connectivity index (χ0) is 15.6. The van der Waals surface area contributed by atoms with Crippen molar-refractivity contribution >= 4 is 41.3 Å². The quantitative estimate of drug-likeness (QED) is 0.500. The maximum atomic E-state index is 12.9. The van der Waals surface area contributed by atoms with Crippen LogP contribution in [0.3, 0.4) is 0 Å². The van der Waals surface area contributed by atoms with Crippen molar-refractivity contribution in [2.75, 3.05) is 18.0 Å². The largest absolute Gasteiger partial charge is 0.366 e.